The number of hydrogen-bond donors (Lipinski definition) is 1. The van der Waals surface area contributed by atoms with Crippen LogP contribution in [0.5, 0.6) is 0 Å². The van der Waals surface area contributed by atoms with E-state index in [9.17, 15) is 0 Å². The number of halogens is 2. The lowest BCUT2D eigenvalue weighted by molar-refractivity contribution is 0.686. The maximum Gasteiger partial charge on any atom is 0.0548 e. The summed E-state index contributed by atoms with van der Waals surface area (Å²) in [5.74, 6) is 0. The van der Waals surface area contributed by atoms with Gasteiger partial charge in [0.05, 0.1) is 5.02 Å². The number of rotatable bonds is 5. The van der Waals surface area contributed by atoms with Crippen molar-refractivity contribution in [2.75, 3.05) is 6.54 Å². The SMILES string of the molecule is Cc1cccc(CCNCc2ccc(Cl)c(Br)c2)c1. The van der Waals surface area contributed by atoms with E-state index in [0.717, 1.165) is 29.0 Å². The van der Waals surface area contributed by atoms with E-state index in [1.54, 1.807) is 0 Å². The van der Waals surface area contributed by atoms with Crippen molar-refractivity contribution in [3.63, 3.8) is 0 Å². The first kappa shape index (κ1) is 14.6. The van der Waals surface area contributed by atoms with Crippen molar-refractivity contribution < 1.29 is 0 Å². The fourth-order valence-electron chi connectivity index (χ4n) is 1.98. The Morgan fingerprint density at radius 3 is 2.68 bits per heavy atom. The fraction of sp³-hybridized carbons (Fsp3) is 0.250. The Kier molecular flexibility index (Phi) is 5.44. The Bertz CT molecular complexity index is 554. The summed E-state index contributed by atoms with van der Waals surface area (Å²) >= 11 is 9.41. The van der Waals surface area contributed by atoms with Gasteiger partial charge in [0, 0.05) is 11.0 Å². The van der Waals surface area contributed by atoms with Gasteiger partial charge in [0.2, 0.25) is 0 Å². The highest BCUT2D eigenvalue weighted by Crippen LogP contribution is 2.23. The van der Waals surface area contributed by atoms with E-state index >= 15 is 0 Å². The molecule has 0 heterocycles. The highest BCUT2D eigenvalue weighted by Gasteiger charge is 1.99. The largest absolute Gasteiger partial charge is 0.312 e. The van der Waals surface area contributed by atoms with Crippen LogP contribution in [0.25, 0.3) is 0 Å². The maximum absolute atomic E-state index is 5.97. The van der Waals surface area contributed by atoms with Crippen LogP contribution in [0.1, 0.15) is 16.7 Å². The third kappa shape index (κ3) is 4.64. The molecular formula is C16H17BrClN. The fourth-order valence-corrected chi connectivity index (χ4v) is 2.53. The highest BCUT2D eigenvalue weighted by molar-refractivity contribution is 9.10. The van der Waals surface area contributed by atoms with Crippen molar-refractivity contribution in [3.8, 4) is 0 Å². The first-order valence-electron chi connectivity index (χ1n) is 6.35. The molecule has 3 heteroatoms. The number of benzene rings is 2. The van der Waals surface area contributed by atoms with E-state index in [-0.39, 0.29) is 0 Å². The number of aryl methyl sites for hydroxylation is 1. The van der Waals surface area contributed by atoms with Crippen molar-refractivity contribution in [3.05, 3.63) is 68.7 Å². The van der Waals surface area contributed by atoms with Gasteiger partial charge in [-0.25, -0.2) is 0 Å². The van der Waals surface area contributed by atoms with E-state index in [4.69, 9.17) is 11.6 Å². The van der Waals surface area contributed by atoms with Gasteiger partial charge < -0.3 is 5.32 Å². The second kappa shape index (κ2) is 7.09. The zero-order valence-corrected chi connectivity index (χ0v) is 13.3. The predicted molar refractivity (Wildman–Crippen MR) is 85.7 cm³/mol. The summed E-state index contributed by atoms with van der Waals surface area (Å²) < 4.78 is 0.951. The molecule has 100 valence electrons. The average molecular weight is 339 g/mol. The van der Waals surface area contributed by atoms with Crippen LogP contribution in [0.3, 0.4) is 0 Å². The van der Waals surface area contributed by atoms with Gasteiger partial charge in [-0.3, -0.25) is 0 Å². The van der Waals surface area contributed by atoms with Crippen LogP contribution < -0.4 is 5.32 Å². The molecule has 0 radical (unpaired) electrons. The molecule has 19 heavy (non-hydrogen) atoms. The average Bonchev–Trinajstić information content (AvgIpc) is 2.39. The summed E-state index contributed by atoms with van der Waals surface area (Å²) in [4.78, 5) is 0. The van der Waals surface area contributed by atoms with Gasteiger partial charge in [0.15, 0.2) is 0 Å². The van der Waals surface area contributed by atoms with Crippen molar-refractivity contribution in [2.45, 2.75) is 19.9 Å². The Morgan fingerprint density at radius 2 is 1.95 bits per heavy atom. The normalized spacial score (nSPS) is 10.7. The molecule has 0 aliphatic carbocycles. The maximum atomic E-state index is 5.97. The molecule has 1 nitrogen and oxygen atoms in total. The van der Waals surface area contributed by atoms with Gasteiger partial charge in [0.25, 0.3) is 0 Å². The zero-order chi connectivity index (χ0) is 13.7. The highest BCUT2D eigenvalue weighted by atomic mass is 79.9. The number of hydrogen-bond acceptors (Lipinski definition) is 1. The van der Waals surface area contributed by atoms with Gasteiger partial charge in [-0.05, 0) is 59.1 Å². The van der Waals surface area contributed by atoms with Gasteiger partial charge in [-0.15, -0.1) is 0 Å². The first-order valence-corrected chi connectivity index (χ1v) is 7.52. The minimum atomic E-state index is 0.753. The van der Waals surface area contributed by atoms with Crippen molar-refractivity contribution in [2.24, 2.45) is 0 Å². The van der Waals surface area contributed by atoms with Gasteiger partial charge in [0.1, 0.15) is 0 Å². The lowest BCUT2D eigenvalue weighted by Crippen LogP contribution is -2.16. The monoisotopic (exact) mass is 337 g/mol. The Hall–Kier alpha value is -0.830. The Morgan fingerprint density at radius 1 is 1.11 bits per heavy atom. The predicted octanol–water partition coefficient (Wildman–Crippen LogP) is 4.74. The van der Waals surface area contributed by atoms with E-state index < -0.39 is 0 Å². The summed E-state index contributed by atoms with van der Waals surface area (Å²) in [6.45, 7) is 3.97. The minimum absolute atomic E-state index is 0.753. The van der Waals surface area contributed by atoms with E-state index in [0.29, 0.717) is 0 Å². The third-order valence-electron chi connectivity index (χ3n) is 2.99. The molecule has 0 aromatic heterocycles. The molecule has 0 saturated heterocycles. The molecule has 0 fully saturated rings. The van der Waals surface area contributed by atoms with Crippen LogP contribution >= 0.6 is 27.5 Å². The molecule has 0 saturated carbocycles. The summed E-state index contributed by atoms with van der Waals surface area (Å²) in [5.41, 5.74) is 3.93. The van der Waals surface area contributed by atoms with Crippen LogP contribution in [0, 0.1) is 6.92 Å². The number of nitrogens with one attached hydrogen (secondary N) is 1. The zero-order valence-electron chi connectivity index (χ0n) is 10.9. The second-order valence-corrected chi connectivity index (χ2v) is 5.93. The molecule has 2 aromatic carbocycles. The quantitative estimate of drug-likeness (QED) is 0.776. The minimum Gasteiger partial charge on any atom is -0.312 e. The standard InChI is InChI=1S/C16H17BrClN/c1-12-3-2-4-13(9-12)7-8-19-11-14-5-6-16(18)15(17)10-14/h2-6,9-10,19H,7-8,11H2,1H3. The summed E-state index contributed by atoms with van der Waals surface area (Å²) in [7, 11) is 0. The van der Waals surface area contributed by atoms with Crippen molar-refractivity contribution >= 4 is 27.5 Å². The Labute approximate surface area is 128 Å². The van der Waals surface area contributed by atoms with Crippen LogP contribution in [-0.2, 0) is 13.0 Å². The van der Waals surface area contributed by atoms with Crippen molar-refractivity contribution in [1.82, 2.24) is 5.32 Å². The molecule has 0 bridgehead atoms. The lowest BCUT2D eigenvalue weighted by Gasteiger charge is -2.07. The molecule has 1 N–H and O–H groups in total. The van der Waals surface area contributed by atoms with E-state index in [1.165, 1.54) is 16.7 Å². The lowest BCUT2D eigenvalue weighted by atomic mass is 10.1. The van der Waals surface area contributed by atoms with Gasteiger partial charge >= 0.3 is 0 Å². The second-order valence-electron chi connectivity index (χ2n) is 4.66. The molecule has 2 aromatic rings. The van der Waals surface area contributed by atoms with E-state index in [1.807, 2.05) is 12.1 Å². The summed E-state index contributed by atoms with van der Waals surface area (Å²) in [6, 6.07) is 14.7. The molecule has 2 rings (SSSR count). The first-order chi connectivity index (χ1) is 9.15. The van der Waals surface area contributed by atoms with Gasteiger partial charge in [-0.2, -0.15) is 0 Å². The smallest absolute Gasteiger partial charge is 0.0548 e. The van der Waals surface area contributed by atoms with Crippen LogP contribution in [0.2, 0.25) is 5.02 Å². The topological polar surface area (TPSA) is 12.0 Å². The molecular weight excluding hydrogens is 322 g/mol. The van der Waals surface area contributed by atoms with Crippen LogP contribution in [0.4, 0.5) is 0 Å². The van der Waals surface area contributed by atoms with Crippen LogP contribution in [-0.4, -0.2) is 6.54 Å². The van der Waals surface area contributed by atoms with Gasteiger partial charge in [-0.1, -0.05) is 47.5 Å². The summed E-state index contributed by atoms with van der Waals surface area (Å²) in [6.07, 6.45) is 1.05. The molecule has 0 atom stereocenters. The van der Waals surface area contributed by atoms with Crippen LogP contribution in [0.15, 0.2) is 46.9 Å². The van der Waals surface area contributed by atoms with E-state index in [2.05, 4.69) is 58.5 Å². The third-order valence-corrected chi connectivity index (χ3v) is 4.20. The van der Waals surface area contributed by atoms with Crippen molar-refractivity contribution in [1.29, 1.82) is 0 Å². The Balaban J connectivity index is 1.79. The summed E-state index contributed by atoms with van der Waals surface area (Å²) in [5, 5.41) is 4.21. The molecule has 0 amide bonds. The molecule has 0 spiro atoms. The molecule has 0 aliphatic rings. The molecule has 0 unspecified atom stereocenters. The molecule has 0 aliphatic heterocycles.